The Bertz CT molecular complexity index is 554. The number of nitrogens with zero attached hydrogens (tertiary/aromatic N) is 1. The molecule has 3 atom stereocenters. The molecule has 1 N–H and O–H groups in total. The summed E-state index contributed by atoms with van der Waals surface area (Å²) in [5.41, 5.74) is -0.854. The Morgan fingerprint density at radius 3 is 2.70 bits per heavy atom. The summed E-state index contributed by atoms with van der Waals surface area (Å²) < 4.78 is 4.26. The summed E-state index contributed by atoms with van der Waals surface area (Å²) in [6.07, 6.45) is 4.03. The molecule has 1 heterocycles. The van der Waals surface area contributed by atoms with Crippen LogP contribution in [-0.2, 0) is 14.3 Å². The molecule has 128 valence electrons. The van der Waals surface area contributed by atoms with E-state index in [1.54, 1.807) is 0 Å². The number of hydrogen-bond donors (Lipinski definition) is 1. The predicted octanol–water partition coefficient (Wildman–Crippen LogP) is 2.22. The van der Waals surface area contributed by atoms with E-state index in [0.29, 0.717) is 12.8 Å². The van der Waals surface area contributed by atoms with Crippen LogP contribution < -0.4 is 5.32 Å². The topological polar surface area (TPSA) is 75.7 Å². The highest BCUT2D eigenvalue weighted by Gasteiger charge is 2.55. The molecule has 0 radical (unpaired) electrons. The van der Waals surface area contributed by atoms with Gasteiger partial charge in [0.15, 0.2) is 0 Å². The Hall–Kier alpha value is -1.01. The van der Waals surface area contributed by atoms with Crippen molar-refractivity contribution in [1.29, 1.82) is 0 Å². The number of rotatable bonds is 4. The van der Waals surface area contributed by atoms with Crippen LogP contribution >= 0.6 is 23.2 Å². The van der Waals surface area contributed by atoms with Crippen molar-refractivity contribution >= 4 is 41.1 Å². The fourth-order valence-corrected chi connectivity index (χ4v) is 3.96. The minimum Gasteiger partial charge on any atom is -0.464 e. The zero-order chi connectivity index (χ0) is 16.8. The number of carbonyl (C=O) groups excluding carboxylic acids is 3. The van der Waals surface area contributed by atoms with Crippen LogP contribution in [0.3, 0.4) is 0 Å². The summed E-state index contributed by atoms with van der Waals surface area (Å²) in [6.45, 7) is 1.70. The number of nitrogens with one attached hydrogen (secondary N) is 1. The number of esters is 1. The van der Waals surface area contributed by atoms with E-state index in [2.05, 4.69) is 5.32 Å². The second kappa shape index (κ2) is 5.81. The van der Waals surface area contributed by atoms with Crippen molar-refractivity contribution in [2.24, 2.45) is 11.8 Å². The van der Waals surface area contributed by atoms with Crippen LogP contribution in [0.5, 0.6) is 0 Å². The molecule has 3 aliphatic rings. The van der Waals surface area contributed by atoms with Gasteiger partial charge >= 0.3 is 12.0 Å². The predicted molar refractivity (Wildman–Crippen MR) is 84.1 cm³/mol. The largest absolute Gasteiger partial charge is 0.464 e. The fourth-order valence-electron chi connectivity index (χ4n) is 3.46. The molecule has 3 amide bonds. The quantitative estimate of drug-likeness (QED) is 0.472. The molecular weight excluding hydrogens is 343 g/mol. The highest BCUT2D eigenvalue weighted by atomic mass is 35.5. The number of hydrogen-bond acceptors (Lipinski definition) is 4. The van der Waals surface area contributed by atoms with Crippen LogP contribution in [-0.4, -0.2) is 45.8 Å². The zero-order valence-electron chi connectivity index (χ0n) is 12.9. The van der Waals surface area contributed by atoms with Gasteiger partial charge in [0.1, 0.15) is 16.4 Å². The zero-order valence-corrected chi connectivity index (χ0v) is 14.5. The Kier molecular flexibility index (Phi) is 4.25. The lowest BCUT2D eigenvalue weighted by atomic mass is 9.73. The van der Waals surface area contributed by atoms with Gasteiger partial charge in [0.25, 0.3) is 5.91 Å². The van der Waals surface area contributed by atoms with Gasteiger partial charge < -0.3 is 10.1 Å². The van der Waals surface area contributed by atoms with Crippen molar-refractivity contribution in [2.45, 2.75) is 48.9 Å². The molecule has 0 unspecified atom stereocenters. The lowest BCUT2D eigenvalue weighted by Crippen LogP contribution is -2.54. The fraction of sp³-hybridized carbons (Fsp3) is 0.800. The number of halogens is 2. The van der Waals surface area contributed by atoms with Crippen LogP contribution in [0.15, 0.2) is 0 Å². The third-order valence-corrected chi connectivity index (χ3v) is 6.12. The molecular formula is C15H20Cl2N2O4. The second-order valence-corrected chi connectivity index (χ2v) is 8.33. The third-order valence-electron chi connectivity index (χ3n) is 5.19. The van der Waals surface area contributed by atoms with Gasteiger partial charge in [-0.05, 0) is 25.2 Å². The van der Waals surface area contributed by atoms with E-state index in [0.717, 1.165) is 24.2 Å². The minimum atomic E-state index is -0.854. The van der Waals surface area contributed by atoms with E-state index in [1.165, 1.54) is 0 Å². The van der Waals surface area contributed by atoms with Crippen LogP contribution in [0.1, 0.15) is 39.0 Å². The first kappa shape index (κ1) is 16.8. The van der Waals surface area contributed by atoms with Crippen LogP contribution in [0, 0.1) is 11.8 Å². The standard InChI is InChI=1S/C15H20Cl2N2O4/c1-9-4-2-3-5-14(9)12(21)19(13(22)18-14)7-11(20)23-8-10-6-15(10,16)17/h9-10H,2-8H2,1H3,(H,18,22)/t9-,10+,14-/m1/s1. The molecule has 1 spiro atoms. The molecule has 2 saturated carbocycles. The molecule has 1 aliphatic heterocycles. The van der Waals surface area contributed by atoms with E-state index in [4.69, 9.17) is 27.9 Å². The molecule has 1 saturated heterocycles. The van der Waals surface area contributed by atoms with Crippen molar-refractivity contribution in [3.05, 3.63) is 0 Å². The number of alkyl halides is 2. The van der Waals surface area contributed by atoms with Crippen LogP contribution in [0.2, 0.25) is 0 Å². The smallest absolute Gasteiger partial charge is 0.326 e. The number of amides is 3. The molecule has 3 fully saturated rings. The van der Waals surface area contributed by atoms with Crippen molar-refractivity contribution in [1.82, 2.24) is 10.2 Å². The molecule has 8 heteroatoms. The molecule has 6 nitrogen and oxygen atoms in total. The van der Waals surface area contributed by atoms with E-state index >= 15 is 0 Å². The molecule has 3 rings (SSSR count). The molecule has 23 heavy (non-hydrogen) atoms. The Morgan fingerprint density at radius 2 is 2.09 bits per heavy atom. The normalized spacial score (nSPS) is 35.3. The summed E-state index contributed by atoms with van der Waals surface area (Å²) in [6, 6.07) is -0.517. The van der Waals surface area contributed by atoms with E-state index in [-0.39, 0.29) is 30.9 Å². The summed E-state index contributed by atoms with van der Waals surface area (Å²) in [5.74, 6) is -0.956. The van der Waals surface area contributed by atoms with E-state index in [9.17, 15) is 14.4 Å². The summed E-state index contributed by atoms with van der Waals surface area (Å²) >= 11 is 11.7. The van der Waals surface area contributed by atoms with Gasteiger partial charge in [0.2, 0.25) is 0 Å². The summed E-state index contributed by atoms with van der Waals surface area (Å²) in [4.78, 5) is 37.7. The molecule has 0 aromatic carbocycles. The van der Waals surface area contributed by atoms with Gasteiger partial charge in [-0.2, -0.15) is 0 Å². The highest BCUT2D eigenvalue weighted by Crippen LogP contribution is 2.53. The van der Waals surface area contributed by atoms with Crippen LogP contribution in [0.25, 0.3) is 0 Å². The average Bonchev–Trinajstić information content (AvgIpc) is 3.04. The highest BCUT2D eigenvalue weighted by molar-refractivity contribution is 6.50. The average molecular weight is 363 g/mol. The van der Waals surface area contributed by atoms with Gasteiger partial charge in [0.05, 0.1) is 6.61 Å². The second-order valence-electron chi connectivity index (χ2n) is 6.78. The van der Waals surface area contributed by atoms with Crippen molar-refractivity contribution in [3.63, 3.8) is 0 Å². The van der Waals surface area contributed by atoms with Gasteiger partial charge in [-0.15, -0.1) is 23.2 Å². The Balaban J connectivity index is 1.58. The first-order valence-electron chi connectivity index (χ1n) is 7.94. The van der Waals surface area contributed by atoms with Crippen LogP contribution in [0.4, 0.5) is 4.79 Å². The Labute approximate surface area is 144 Å². The number of carbonyl (C=O) groups is 3. The minimum absolute atomic E-state index is 0.0632. The molecule has 0 bridgehead atoms. The summed E-state index contributed by atoms with van der Waals surface area (Å²) in [7, 11) is 0. The lowest BCUT2D eigenvalue weighted by molar-refractivity contribution is -0.148. The number of imide groups is 1. The van der Waals surface area contributed by atoms with Gasteiger partial charge in [-0.25, -0.2) is 4.79 Å². The molecule has 0 aromatic rings. The van der Waals surface area contributed by atoms with Gasteiger partial charge in [0, 0.05) is 5.92 Å². The van der Waals surface area contributed by atoms with Gasteiger partial charge in [-0.3, -0.25) is 14.5 Å². The third kappa shape index (κ3) is 3.03. The maximum absolute atomic E-state index is 12.7. The van der Waals surface area contributed by atoms with E-state index < -0.39 is 21.9 Å². The maximum atomic E-state index is 12.7. The van der Waals surface area contributed by atoms with Crippen molar-refractivity contribution in [2.75, 3.05) is 13.2 Å². The summed E-state index contributed by atoms with van der Waals surface area (Å²) in [5, 5.41) is 2.80. The lowest BCUT2D eigenvalue weighted by Gasteiger charge is -2.36. The van der Waals surface area contributed by atoms with Crippen molar-refractivity contribution in [3.8, 4) is 0 Å². The maximum Gasteiger partial charge on any atom is 0.326 e. The monoisotopic (exact) mass is 362 g/mol. The number of ether oxygens (including phenoxy) is 1. The Morgan fingerprint density at radius 1 is 1.39 bits per heavy atom. The first-order chi connectivity index (χ1) is 10.8. The SMILES string of the molecule is C[C@@H]1CCCC[C@@]12NC(=O)N(CC(=O)OC[C@@H]1CC1(Cl)Cl)C2=O. The molecule has 2 aliphatic carbocycles. The van der Waals surface area contributed by atoms with E-state index in [1.807, 2.05) is 6.92 Å². The molecule has 0 aromatic heterocycles. The first-order valence-corrected chi connectivity index (χ1v) is 8.69. The van der Waals surface area contributed by atoms with Crippen molar-refractivity contribution < 1.29 is 19.1 Å². The number of urea groups is 1. The van der Waals surface area contributed by atoms with Gasteiger partial charge in [-0.1, -0.05) is 19.8 Å².